The molecule has 62 heavy (non-hydrogen) atoms. The van der Waals surface area contributed by atoms with Crippen molar-refractivity contribution in [3.8, 4) is 38.5 Å². The number of nitrogens with one attached hydrogen (secondary N) is 2. The maximum Gasteiger partial charge on any atom is 0.104 e. The Morgan fingerprint density at radius 3 is 1.95 bits per heavy atom. The van der Waals surface area contributed by atoms with Crippen LogP contribution in [0.1, 0.15) is 34.5 Å². The average molecular weight is 811 g/mol. The first-order valence-electron chi connectivity index (χ1n) is 21.3. The lowest BCUT2D eigenvalue weighted by Gasteiger charge is -2.38. The van der Waals surface area contributed by atoms with Gasteiger partial charge in [0.1, 0.15) is 6.17 Å². The molecule has 4 aliphatic rings. The lowest BCUT2D eigenvalue weighted by molar-refractivity contribution is 0.452. The number of para-hydroxylation sites is 2. The number of aromatic nitrogens is 2. The molecular weight excluding hydrogens is 773 g/mol. The minimum Gasteiger partial charge on any atom is -0.365 e. The molecule has 0 saturated heterocycles. The van der Waals surface area contributed by atoms with Crippen molar-refractivity contribution in [2.24, 2.45) is 0 Å². The topological polar surface area (TPSA) is 41.9 Å². The second kappa shape index (κ2) is 14.0. The van der Waals surface area contributed by atoms with Gasteiger partial charge in [-0.15, -0.1) is 11.3 Å². The molecule has 0 fully saturated rings. The number of hydrogen-bond acceptors (Lipinski definition) is 4. The fourth-order valence-electron chi connectivity index (χ4n) is 10.0. The van der Waals surface area contributed by atoms with E-state index in [-0.39, 0.29) is 12.2 Å². The number of nitrogens with zero attached hydrogens (tertiary/aromatic N) is 2. The second-order valence-corrected chi connectivity index (χ2v) is 17.4. The maximum absolute atomic E-state index is 5.45. The highest BCUT2D eigenvalue weighted by atomic mass is 32.1. The number of pyridine rings is 1. The number of rotatable bonds is 3. The van der Waals surface area contributed by atoms with Crippen LogP contribution < -0.4 is 10.6 Å². The SMILES string of the molecule is c1ccc(C2=C3c4ccc5c(c4)c4ccccc4n5-c4cccc(c4)-c4c(sc5c4c(-c4ccccc4)nc4ccccc45)-c4ccc(cc4)C3NC(c3ccccc3)N2)cc1. The summed E-state index contributed by atoms with van der Waals surface area (Å²) in [6.07, 6.45) is -0.118. The monoisotopic (exact) mass is 810 g/mol. The predicted octanol–water partition coefficient (Wildman–Crippen LogP) is 14.4. The molecule has 2 N–H and O–H groups in total. The summed E-state index contributed by atoms with van der Waals surface area (Å²) in [5.41, 5.74) is 17.2. The molecule has 8 bridgehead atoms. The van der Waals surface area contributed by atoms with Gasteiger partial charge in [0.2, 0.25) is 0 Å². The zero-order valence-electron chi connectivity index (χ0n) is 33.6. The normalized spacial score (nSPS) is 15.7. The first-order chi connectivity index (χ1) is 30.7. The van der Waals surface area contributed by atoms with Gasteiger partial charge in [0, 0.05) is 59.2 Å². The van der Waals surface area contributed by atoms with Crippen LogP contribution in [0.5, 0.6) is 0 Å². The zero-order chi connectivity index (χ0) is 40.7. The molecule has 2 unspecified atom stereocenters. The first kappa shape index (κ1) is 35.2. The molecule has 0 radical (unpaired) electrons. The molecule has 4 aliphatic heterocycles. The summed E-state index contributed by atoms with van der Waals surface area (Å²) in [7, 11) is 0. The van der Waals surface area contributed by atoms with Crippen LogP contribution in [0.2, 0.25) is 0 Å². The van der Waals surface area contributed by atoms with Gasteiger partial charge in [-0.1, -0.05) is 170 Å². The van der Waals surface area contributed by atoms with Crippen molar-refractivity contribution < 1.29 is 0 Å². The third-order valence-electron chi connectivity index (χ3n) is 12.8. The van der Waals surface area contributed by atoms with Gasteiger partial charge in [0.25, 0.3) is 0 Å². The summed E-state index contributed by atoms with van der Waals surface area (Å²) in [6.45, 7) is 0. The Morgan fingerprint density at radius 2 is 1.15 bits per heavy atom. The third kappa shape index (κ3) is 5.46. The van der Waals surface area contributed by atoms with Gasteiger partial charge >= 0.3 is 0 Å². The van der Waals surface area contributed by atoms with Crippen molar-refractivity contribution in [2.45, 2.75) is 12.2 Å². The van der Waals surface area contributed by atoms with Crippen molar-refractivity contribution in [1.29, 1.82) is 0 Å². The largest absolute Gasteiger partial charge is 0.365 e. The fourth-order valence-corrected chi connectivity index (χ4v) is 11.4. The molecule has 4 nitrogen and oxygen atoms in total. The number of benzene rings is 8. The van der Waals surface area contributed by atoms with Crippen LogP contribution in [-0.2, 0) is 0 Å². The summed E-state index contributed by atoms with van der Waals surface area (Å²) >= 11 is 1.88. The van der Waals surface area contributed by atoms with E-state index < -0.39 is 0 Å². The minimum atomic E-state index is -0.128. The number of fused-ring (bicyclic) bond motifs is 5. The van der Waals surface area contributed by atoms with Crippen molar-refractivity contribution in [3.05, 3.63) is 229 Å². The molecule has 0 saturated carbocycles. The number of hydrogen-bond donors (Lipinski definition) is 2. The molecule has 3 aromatic heterocycles. The molecular formula is C57H38N4S. The fraction of sp³-hybridized carbons (Fsp3) is 0.0351. The van der Waals surface area contributed by atoms with Crippen LogP contribution >= 0.6 is 11.3 Å². The van der Waals surface area contributed by atoms with Crippen LogP contribution in [-0.4, -0.2) is 9.55 Å². The first-order valence-corrected chi connectivity index (χ1v) is 22.1. The van der Waals surface area contributed by atoms with Gasteiger partial charge in [-0.2, -0.15) is 0 Å². The van der Waals surface area contributed by atoms with E-state index in [2.05, 4.69) is 221 Å². The van der Waals surface area contributed by atoms with Gasteiger partial charge in [-0.3, -0.25) is 5.32 Å². The summed E-state index contributed by atoms with van der Waals surface area (Å²) in [6, 6.07) is 75.2. The van der Waals surface area contributed by atoms with E-state index in [0.717, 1.165) is 33.7 Å². The smallest absolute Gasteiger partial charge is 0.104 e. The van der Waals surface area contributed by atoms with Crippen LogP contribution in [0.15, 0.2) is 206 Å². The Bertz CT molecular complexity index is 3570. The maximum atomic E-state index is 5.45. The average Bonchev–Trinajstić information content (AvgIpc) is 3.91. The molecule has 5 heteroatoms. The Kier molecular flexibility index (Phi) is 7.95. The summed E-state index contributed by atoms with van der Waals surface area (Å²) in [5.74, 6) is 0. The molecule has 8 aromatic carbocycles. The molecule has 0 spiro atoms. The lowest BCUT2D eigenvalue weighted by atomic mass is 9.85. The minimum absolute atomic E-state index is 0.118. The standard InChI is InChI=1S/C57H38N4S/c1-4-15-35(16-5-1)52-50-41-31-32-48-45(34-41)43-23-11-13-26-47(43)61(48)42-22-14-21-40(33-42)49-51-54(36-17-6-2-7-18-36)58-46-25-12-10-24-44(46)56(51)62-55(49)38-29-27-37(28-30-38)53(50)60-57(59-52)39-19-8-3-9-20-39/h1-34,53,57,59-60H. The molecule has 2 atom stereocenters. The highest BCUT2D eigenvalue weighted by Crippen LogP contribution is 2.51. The van der Waals surface area contributed by atoms with Crippen LogP contribution in [0.4, 0.5) is 0 Å². The van der Waals surface area contributed by atoms with Crippen molar-refractivity contribution in [3.63, 3.8) is 0 Å². The highest BCUT2D eigenvalue weighted by Gasteiger charge is 2.33. The predicted molar refractivity (Wildman–Crippen MR) is 259 cm³/mol. The lowest BCUT2D eigenvalue weighted by Crippen LogP contribution is -2.41. The molecule has 7 heterocycles. The Hall–Kier alpha value is -7.57. The third-order valence-corrected chi connectivity index (χ3v) is 14.1. The van der Waals surface area contributed by atoms with E-state index in [1.807, 2.05) is 11.3 Å². The molecule has 0 amide bonds. The number of thiophene rings is 1. The highest BCUT2D eigenvalue weighted by molar-refractivity contribution is 7.24. The van der Waals surface area contributed by atoms with Crippen LogP contribution in [0.3, 0.4) is 0 Å². The molecule has 15 rings (SSSR count). The van der Waals surface area contributed by atoms with Gasteiger partial charge in [-0.05, 0) is 69.8 Å². The van der Waals surface area contributed by atoms with Gasteiger partial charge in [0.15, 0.2) is 0 Å². The van der Waals surface area contributed by atoms with E-state index in [1.165, 1.54) is 81.1 Å². The van der Waals surface area contributed by atoms with E-state index in [0.29, 0.717) is 0 Å². The Labute approximate surface area is 363 Å². The van der Waals surface area contributed by atoms with Crippen molar-refractivity contribution in [1.82, 2.24) is 20.2 Å². The van der Waals surface area contributed by atoms with E-state index in [9.17, 15) is 0 Å². The summed E-state index contributed by atoms with van der Waals surface area (Å²) < 4.78 is 3.70. The van der Waals surface area contributed by atoms with Crippen molar-refractivity contribution in [2.75, 3.05) is 0 Å². The molecule has 292 valence electrons. The quantitative estimate of drug-likeness (QED) is 0.187. The van der Waals surface area contributed by atoms with Gasteiger partial charge in [-0.25, -0.2) is 4.98 Å². The van der Waals surface area contributed by atoms with Gasteiger partial charge < -0.3 is 9.88 Å². The van der Waals surface area contributed by atoms with Crippen LogP contribution in [0.25, 0.3) is 92.6 Å². The molecule has 11 aromatic rings. The van der Waals surface area contributed by atoms with E-state index in [4.69, 9.17) is 4.98 Å². The van der Waals surface area contributed by atoms with Crippen molar-refractivity contribution >= 4 is 65.4 Å². The summed E-state index contributed by atoms with van der Waals surface area (Å²) in [4.78, 5) is 6.68. The zero-order valence-corrected chi connectivity index (χ0v) is 34.4. The van der Waals surface area contributed by atoms with E-state index >= 15 is 0 Å². The van der Waals surface area contributed by atoms with Gasteiger partial charge in [0.05, 0.1) is 28.3 Å². The second-order valence-electron chi connectivity index (χ2n) is 16.4. The Balaban J connectivity index is 1.16. The summed E-state index contributed by atoms with van der Waals surface area (Å²) in [5, 5.41) is 12.9. The van der Waals surface area contributed by atoms with E-state index in [1.54, 1.807) is 0 Å². The Morgan fingerprint density at radius 1 is 0.484 bits per heavy atom. The molecule has 0 aliphatic carbocycles. The van der Waals surface area contributed by atoms with Crippen LogP contribution in [0, 0.1) is 0 Å².